The highest BCUT2D eigenvalue weighted by Crippen LogP contribution is 2.29. The number of methoxy groups -OCH3 is 2. The molecule has 2 aromatic rings. The lowest BCUT2D eigenvalue weighted by Crippen LogP contribution is -2.27. The van der Waals surface area contributed by atoms with E-state index in [0.717, 1.165) is 5.56 Å². The molecule has 7 nitrogen and oxygen atoms in total. The van der Waals surface area contributed by atoms with Crippen molar-refractivity contribution in [3.63, 3.8) is 0 Å². The Bertz CT molecular complexity index is 747. The topological polar surface area (TPSA) is 95.2 Å². The molecule has 1 amide bonds. The van der Waals surface area contributed by atoms with E-state index < -0.39 is 6.10 Å². The molecule has 2 aromatic carbocycles. The van der Waals surface area contributed by atoms with E-state index >= 15 is 0 Å². The standard InChI is InChI=1S/C18H21N3O4/c1-12(25-21-17(19)13-7-5-4-6-8-13)18(22)20-14-9-10-15(23-2)16(11-14)24-3/h4-12H,1-3H3,(H2,19,21)(H,20,22)/t12-/m0/s1. The van der Waals surface area contributed by atoms with Crippen molar-refractivity contribution in [3.05, 3.63) is 54.1 Å². The van der Waals surface area contributed by atoms with Crippen LogP contribution < -0.4 is 20.5 Å². The van der Waals surface area contributed by atoms with Crippen LogP contribution in [0.25, 0.3) is 0 Å². The number of anilines is 1. The van der Waals surface area contributed by atoms with E-state index in [0.29, 0.717) is 17.2 Å². The number of hydrogen-bond acceptors (Lipinski definition) is 5. The van der Waals surface area contributed by atoms with Gasteiger partial charge in [-0.2, -0.15) is 0 Å². The molecule has 132 valence electrons. The molecular formula is C18H21N3O4. The molecule has 25 heavy (non-hydrogen) atoms. The van der Waals surface area contributed by atoms with Crippen molar-refractivity contribution in [2.45, 2.75) is 13.0 Å². The first-order chi connectivity index (χ1) is 12.0. The summed E-state index contributed by atoms with van der Waals surface area (Å²) in [7, 11) is 3.07. The van der Waals surface area contributed by atoms with Crippen molar-refractivity contribution < 1.29 is 19.1 Å². The van der Waals surface area contributed by atoms with Crippen LogP contribution in [0.4, 0.5) is 5.69 Å². The van der Waals surface area contributed by atoms with Crippen molar-refractivity contribution >= 4 is 17.4 Å². The summed E-state index contributed by atoms with van der Waals surface area (Å²) in [5.74, 6) is 0.924. The van der Waals surface area contributed by atoms with Crippen LogP contribution in [0.3, 0.4) is 0 Å². The van der Waals surface area contributed by atoms with Gasteiger partial charge in [-0.1, -0.05) is 35.5 Å². The molecule has 0 aliphatic carbocycles. The quantitative estimate of drug-likeness (QED) is 0.457. The molecule has 0 aromatic heterocycles. The minimum Gasteiger partial charge on any atom is -0.493 e. The molecule has 3 N–H and O–H groups in total. The number of hydrogen-bond donors (Lipinski definition) is 2. The molecule has 0 fully saturated rings. The van der Waals surface area contributed by atoms with Gasteiger partial charge in [0, 0.05) is 17.3 Å². The average Bonchev–Trinajstić information content (AvgIpc) is 2.66. The molecule has 0 spiro atoms. The van der Waals surface area contributed by atoms with Crippen LogP contribution >= 0.6 is 0 Å². The fraction of sp³-hybridized carbons (Fsp3) is 0.222. The van der Waals surface area contributed by atoms with Gasteiger partial charge in [-0.15, -0.1) is 0 Å². The lowest BCUT2D eigenvalue weighted by Gasteiger charge is -2.13. The molecule has 0 saturated heterocycles. The number of nitrogens with one attached hydrogen (secondary N) is 1. The van der Waals surface area contributed by atoms with Crippen LogP contribution in [0.5, 0.6) is 11.5 Å². The minimum absolute atomic E-state index is 0.200. The van der Waals surface area contributed by atoms with E-state index in [9.17, 15) is 4.79 Å². The van der Waals surface area contributed by atoms with Crippen LogP contribution in [-0.4, -0.2) is 32.1 Å². The monoisotopic (exact) mass is 343 g/mol. The van der Waals surface area contributed by atoms with Crippen molar-refractivity contribution in [2.24, 2.45) is 10.9 Å². The number of oxime groups is 1. The average molecular weight is 343 g/mol. The van der Waals surface area contributed by atoms with Gasteiger partial charge in [0.05, 0.1) is 14.2 Å². The van der Waals surface area contributed by atoms with Crippen LogP contribution in [0.1, 0.15) is 12.5 Å². The van der Waals surface area contributed by atoms with Crippen molar-refractivity contribution in [3.8, 4) is 11.5 Å². The molecule has 0 heterocycles. The van der Waals surface area contributed by atoms with Gasteiger partial charge in [-0.05, 0) is 19.1 Å². The summed E-state index contributed by atoms with van der Waals surface area (Å²) in [4.78, 5) is 17.4. The number of nitrogens with zero attached hydrogens (tertiary/aromatic N) is 1. The summed E-state index contributed by atoms with van der Waals surface area (Å²) in [6.45, 7) is 1.58. The van der Waals surface area contributed by atoms with Gasteiger partial charge in [-0.25, -0.2) is 0 Å². The maximum atomic E-state index is 12.2. The Labute approximate surface area is 146 Å². The molecule has 0 aliphatic heterocycles. The van der Waals surface area contributed by atoms with E-state index in [1.54, 1.807) is 44.4 Å². The highest BCUT2D eigenvalue weighted by atomic mass is 16.6. The van der Waals surface area contributed by atoms with Crippen LogP contribution in [0, 0.1) is 0 Å². The molecule has 0 saturated carbocycles. The molecule has 1 atom stereocenters. The number of rotatable bonds is 7. The number of amidine groups is 1. The summed E-state index contributed by atoms with van der Waals surface area (Å²) in [6.07, 6.45) is -0.824. The van der Waals surface area contributed by atoms with E-state index in [2.05, 4.69) is 10.5 Å². The SMILES string of the molecule is COc1ccc(NC(=O)[C@H](C)O/N=C(/N)c2ccccc2)cc1OC. The van der Waals surface area contributed by atoms with Crippen LogP contribution in [0.15, 0.2) is 53.7 Å². The zero-order valence-corrected chi connectivity index (χ0v) is 14.4. The first-order valence-electron chi connectivity index (χ1n) is 7.62. The summed E-state index contributed by atoms with van der Waals surface area (Å²) in [6, 6.07) is 14.2. The van der Waals surface area contributed by atoms with Crippen molar-refractivity contribution in [2.75, 3.05) is 19.5 Å². The van der Waals surface area contributed by atoms with Gasteiger partial charge in [0.15, 0.2) is 17.3 Å². The molecular weight excluding hydrogens is 322 g/mol. The van der Waals surface area contributed by atoms with Gasteiger partial charge in [0.2, 0.25) is 6.10 Å². The number of ether oxygens (including phenoxy) is 2. The van der Waals surface area contributed by atoms with Gasteiger partial charge < -0.3 is 25.4 Å². The second kappa shape index (κ2) is 8.58. The third kappa shape index (κ3) is 4.87. The normalized spacial score (nSPS) is 12.2. The Balaban J connectivity index is 1.98. The second-order valence-electron chi connectivity index (χ2n) is 5.15. The Morgan fingerprint density at radius 1 is 1.08 bits per heavy atom. The van der Waals surface area contributed by atoms with Crippen LogP contribution in [-0.2, 0) is 9.63 Å². The Morgan fingerprint density at radius 2 is 1.76 bits per heavy atom. The Morgan fingerprint density at radius 3 is 2.40 bits per heavy atom. The molecule has 7 heteroatoms. The van der Waals surface area contributed by atoms with Gasteiger partial charge in [-0.3, -0.25) is 4.79 Å². The largest absolute Gasteiger partial charge is 0.493 e. The van der Waals surface area contributed by atoms with E-state index in [1.807, 2.05) is 18.2 Å². The Hall–Kier alpha value is -3.22. The first-order valence-corrected chi connectivity index (χ1v) is 7.62. The third-order valence-electron chi connectivity index (χ3n) is 3.40. The zero-order chi connectivity index (χ0) is 18.2. The van der Waals surface area contributed by atoms with E-state index in [4.69, 9.17) is 20.0 Å². The fourth-order valence-electron chi connectivity index (χ4n) is 2.00. The summed E-state index contributed by atoms with van der Waals surface area (Å²) < 4.78 is 10.4. The summed E-state index contributed by atoms with van der Waals surface area (Å²) >= 11 is 0. The number of benzene rings is 2. The second-order valence-corrected chi connectivity index (χ2v) is 5.15. The molecule has 0 aliphatic rings. The zero-order valence-electron chi connectivity index (χ0n) is 14.4. The fourth-order valence-corrected chi connectivity index (χ4v) is 2.00. The lowest BCUT2D eigenvalue weighted by atomic mass is 10.2. The number of carbonyl (C=O) groups is 1. The number of nitrogens with two attached hydrogens (primary N) is 1. The molecule has 0 bridgehead atoms. The van der Waals surface area contributed by atoms with Crippen molar-refractivity contribution in [1.29, 1.82) is 0 Å². The maximum absolute atomic E-state index is 12.2. The summed E-state index contributed by atoms with van der Waals surface area (Å²) in [5.41, 5.74) is 7.10. The number of carbonyl (C=O) groups excluding carboxylic acids is 1. The van der Waals surface area contributed by atoms with Gasteiger partial charge in [0.25, 0.3) is 5.91 Å². The number of amides is 1. The van der Waals surface area contributed by atoms with Gasteiger partial charge in [0.1, 0.15) is 0 Å². The Kier molecular flexibility index (Phi) is 6.22. The smallest absolute Gasteiger partial charge is 0.267 e. The predicted octanol–water partition coefficient (Wildman–Crippen LogP) is 2.37. The molecule has 0 radical (unpaired) electrons. The van der Waals surface area contributed by atoms with E-state index in [1.165, 1.54) is 7.11 Å². The predicted molar refractivity (Wildman–Crippen MR) is 95.9 cm³/mol. The van der Waals surface area contributed by atoms with Gasteiger partial charge >= 0.3 is 0 Å². The van der Waals surface area contributed by atoms with E-state index in [-0.39, 0.29) is 11.7 Å². The molecule has 2 rings (SSSR count). The lowest BCUT2D eigenvalue weighted by molar-refractivity contribution is -0.126. The highest BCUT2D eigenvalue weighted by Gasteiger charge is 2.16. The molecule has 0 unspecified atom stereocenters. The maximum Gasteiger partial charge on any atom is 0.267 e. The van der Waals surface area contributed by atoms with Crippen molar-refractivity contribution in [1.82, 2.24) is 0 Å². The minimum atomic E-state index is -0.824. The third-order valence-corrected chi connectivity index (χ3v) is 3.40. The first kappa shape index (κ1) is 18.1. The summed E-state index contributed by atoms with van der Waals surface area (Å²) in [5, 5.41) is 6.53. The highest BCUT2D eigenvalue weighted by molar-refractivity contribution is 5.97. The van der Waals surface area contributed by atoms with Crippen LogP contribution in [0.2, 0.25) is 0 Å².